The Bertz CT molecular complexity index is 138. The van der Waals surface area contributed by atoms with Crippen LogP contribution in [0, 0.1) is 5.92 Å². The van der Waals surface area contributed by atoms with E-state index in [1.165, 1.54) is 7.05 Å². The van der Waals surface area contributed by atoms with E-state index in [-0.39, 0.29) is 0 Å². The average molecular weight is 178 g/mol. The van der Waals surface area contributed by atoms with Crippen LogP contribution in [0.25, 0.3) is 0 Å². The highest BCUT2D eigenvalue weighted by molar-refractivity contribution is 4.75. The van der Waals surface area contributed by atoms with E-state index in [2.05, 4.69) is 5.32 Å². The maximum absolute atomic E-state index is 12.7. The fourth-order valence-electron chi connectivity index (χ4n) is 1.42. The van der Waals surface area contributed by atoms with Gasteiger partial charge in [0.2, 0.25) is 0 Å². The predicted octanol–water partition coefficient (Wildman–Crippen LogP) is 1.14. The molecular formula is C8H16F2N2. The second kappa shape index (κ2) is 3.66. The molecule has 0 bridgehead atoms. The molecule has 1 unspecified atom stereocenters. The molecule has 0 aromatic rings. The summed E-state index contributed by atoms with van der Waals surface area (Å²) >= 11 is 0. The van der Waals surface area contributed by atoms with Gasteiger partial charge in [-0.1, -0.05) is 0 Å². The number of hydrogen-bond acceptors (Lipinski definition) is 2. The lowest BCUT2D eigenvalue weighted by Crippen LogP contribution is -2.39. The summed E-state index contributed by atoms with van der Waals surface area (Å²) in [6.45, 7) is 3.26. The molecule has 12 heavy (non-hydrogen) atoms. The first-order chi connectivity index (χ1) is 5.50. The Morgan fingerprint density at radius 1 is 1.58 bits per heavy atom. The molecule has 0 saturated carbocycles. The van der Waals surface area contributed by atoms with Crippen molar-refractivity contribution in [3.8, 4) is 0 Å². The maximum Gasteiger partial charge on any atom is 0.301 e. The summed E-state index contributed by atoms with van der Waals surface area (Å²) in [5.74, 6) is 0.390. The number of alkyl halides is 2. The highest BCUT2D eigenvalue weighted by Gasteiger charge is 2.29. The van der Waals surface area contributed by atoms with E-state index >= 15 is 0 Å². The van der Waals surface area contributed by atoms with Gasteiger partial charge in [0.1, 0.15) is 0 Å². The van der Waals surface area contributed by atoms with Gasteiger partial charge in [-0.15, -0.1) is 0 Å². The third-order valence-electron chi connectivity index (χ3n) is 2.36. The Morgan fingerprint density at radius 3 is 2.67 bits per heavy atom. The average Bonchev–Trinajstić information content (AvgIpc) is 2.37. The molecule has 2 nitrogen and oxygen atoms in total. The molecule has 0 spiro atoms. The summed E-state index contributed by atoms with van der Waals surface area (Å²) < 4.78 is 25.3. The van der Waals surface area contributed by atoms with Gasteiger partial charge >= 0.3 is 6.05 Å². The number of nitrogens with zero attached hydrogens (tertiary/aromatic N) is 1. The first-order valence-corrected chi connectivity index (χ1v) is 4.30. The molecule has 1 aliphatic heterocycles. The summed E-state index contributed by atoms with van der Waals surface area (Å²) in [6, 6.07) is -2.68. The van der Waals surface area contributed by atoms with Crippen molar-refractivity contribution in [3.63, 3.8) is 0 Å². The summed E-state index contributed by atoms with van der Waals surface area (Å²) in [5, 5.41) is 3.16. The smallest absolute Gasteiger partial charge is 0.301 e. The van der Waals surface area contributed by atoms with Crippen LogP contribution < -0.4 is 5.32 Å². The Labute approximate surface area is 71.9 Å². The van der Waals surface area contributed by atoms with Crippen molar-refractivity contribution in [2.75, 3.05) is 26.7 Å². The molecule has 1 fully saturated rings. The van der Waals surface area contributed by atoms with Crippen molar-refractivity contribution in [3.05, 3.63) is 0 Å². The van der Waals surface area contributed by atoms with Crippen molar-refractivity contribution in [1.29, 1.82) is 0 Å². The van der Waals surface area contributed by atoms with Gasteiger partial charge in [0.25, 0.3) is 0 Å². The lowest BCUT2D eigenvalue weighted by atomic mass is 10.1. The molecule has 0 amide bonds. The zero-order valence-corrected chi connectivity index (χ0v) is 7.61. The normalized spacial score (nSPS) is 25.2. The molecule has 1 atom stereocenters. The molecule has 1 saturated heterocycles. The van der Waals surface area contributed by atoms with E-state index in [1.807, 2.05) is 0 Å². The summed E-state index contributed by atoms with van der Waals surface area (Å²) in [4.78, 5) is 1.12. The van der Waals surface area contributed by atoms with E-state index in [0.717, 1.165) is 31.3 Å². The van der Waals surface area contributed by atoms with Crippen molar-refractivity contribution in [2.24, 2.45) is 5.92 Å². The number of rotatable bonds is 3. The Hall–Kier alpha value is -0.220. The van der Waals surface area contributed by atoms with E-state index in [0.29, 0.717) is 12.5 Å². The summed E-state index contributed by atoms with van der Waals surface area (Å²) in [7, 11) is 1.47. The fraction of sp³-hybridized carbons (Fsp3) is 1.00. The number of halogens is 2. The minimum Gasteiger partial charge on any atom is -0.316 e. The van der Waals surface area contributed by atoms with Gasteiger partial charge in [-0.2, -0.15) is 8.78 Å². The molecule has 0 radical (unpaired) electrons. The van der Waals surface area contributed by atoms with Gasteiger partial charge in [0.15, 0.2) is 0 Å². The molecule has 1 rings (SSSR count). The Balaban J connectivity index is 2.30. The van der Waals surface area contributed by atoms with Crippen LogP contribution >= 0.6 is 0 Å². The molecular weight excluding hydrogens is 162 g/mol. The third-order valence-corrected chi connectivity index (χ3v) is 2.36. The van der Waals surface area contributed by atoms with E-state index in [9.17, 15) is 8.78 Å². The van der Waals surface area contributed by atoms with Crippen LogP contribution in [0.5, 0.6) is 0 Å². The SMILES string of the molecule is CN(CC1CCNC1)C(C)(F)F. The fourth-order valence-corrected chi connectivity index (χ4v) is 1.42. The van der Waals surface area contributed by atoms with Crippen LogP contribution in [0.2, 0.25) is 0 Å². The van der Waals surface area contributed by atoms with Crippen LogP contribution in [0.3, 0.4) is 0 Å². The predicted molar refractivity (Wildman–Crippen MR) is 44.2 cm³/mol. The van der Waals surface area contributed by atoms with Crippen LogP contribution in [0.1, 0.15) is 13.3 Å². The maximum atomic E-state index is 12.7. The van der Waals surface area contributed by atoms with E-state index in [4.69, 9.17) is 0 Å². The lowest BCUT2D eigenvalue weighted by molar-refractivity contribution is -0.121. The van der Waals surface area contributed by atoms with Gasteiger partial charge in [-0.25, -0.2) is 4.90 Å². The van der Waals surface area contributed by atoms with Gasteiger partial charge in [-0.3, -0.25) is 0 Å². The van der Waals surface area contributed by atoms with Crippen molar-refractivity contribution in [1.82, 2.24) is 10.2 Å². The highest BCUT2D eigenvalue weighted by atomic mass is 19.3. The topological polar surface area (TPSA) is 15.3 Å². The van der Waals surface area contributed by atoms with Crippen molar-refractivity contribution < 1.29 is 8.78 Å². The van der Waals surface area contributed by atoms with Crippen LogP contribution in [0.4, 0.5) is 8.78 Å². The standard InChI is InChI=1S/C8H16F2N2/c1-8(9,10)12(2)6-7-3-4-11-5-7/h7,11H,3-6H2,1-2H3. The van der Waals surface area contributed by atoms with Crippen molar-refractivity contribution in [2.45, 2.75) is 19.4 Å². The van der Waals surface area contributed by atoms with E-state index in [1.54, 1.807) is 0 Å². The molecule has 1 heterocycles. The highest BCUT2D eigenvalue weighted by Crippen LogP contribution is 2.19. The van der Waals surface area contributed by atoms with Crippen molar-refractivity contribution >= 4 is 0 Å². The van der Waals surface area contributed by atoms with Gasteiger partial charge < -0.3 is 5.32 Å². The minimum atomic E-state index is -2.68. The molecule has 1 aliphatic rings. The number of nitrogens with one attached hydrogen (secondary N) is 1. The quantitative estimate of drug-likeness (QED) is 0.652. The van der Waals surface area contributed by atoms with Gasteiger partial charge in [0.05, 0.1) is 0 Å². The van der Waals surface area contributed by atoms with Gasteiger partial charge in [-0.05, 0) is 32.5 Å². The van der Waals surface area contributed by atoms with Crippen LogP contribution in [0.15, 0.2) is 0 Å². The molecule has 0 aliphatic carbocycles. The monoisotopic (exact) mass is 178 g/mol. The number of hydrogen-bond donors (Lipinski definition) is 1. The molecule has 72 valence electrons. The zero-order chi connectivity index (χ0) is 9.19. The van der Waals surface area contributed by atoms with Crippen LogP contribution in [-0.4, -0.2) is 37.6 Å². The second-order valence-corrected chi connectivity index (χ2v) is 3.58. The largest absolute Gasteiger partial charge is 0.316 e. The first-order valence-electron chi connectivity index (χ1n) is 4.30. The van der Waals surface area contributed by atoms with Gasteiger partial charge in [0, 0.05) is 13.5 Å². The Kier molecular flexibility index (Phi) is 3.01. The Morgan fingerprint density at radius 2 is 2.25 bits per heavy atom. The minimum absolute atomic E-state index is 0.390. The summed E-state index contributed by atoms with van der Waals surface area (Å²) in [5.41, 5.74) is 0. The van der Waals surface area contributed by atoms with Crippen LogP contribution in [-0.2, 0) is 0 Å². The second-order valence-electron chi connectivity index (χ2n) is 3.58. The lowest BCUT2D eigenvalue weighted by Gasteiger charge is -2.26. The molecule has 0 aromatic heterocycles. The molecule has 4 heteroatoms. The molecule has 0 aromatic carbocycles. The van der Waals surface area contributed by atoms with E-state index < -0.39 is 6.05 Å². The molecule has 1 N–H and O–H groups in total. The third kappa shape index (κ3) is 2.68. The summed E-state index contributed by atoms with van der Waals surface area (Å²) in [6.07, 6.45) is 1.01. The first kappa shape index (κ1) is 9.86. The zero-order valence-electron chi connectivity index (χ0n) is 7.61.